The summed E-state index contributed by atoms with van der Waals surface area (Å²) in [6, 6.07) is 14.9. The van der Waals surface area contributed by atoms with E-state index in [1.807, 2.05) is 37.3 Å². The Labute approximate surface area is 166 Å². The topological polar surface area (TPSA) is 84.9 Å². The SMILES string of the molecule is CCOc1ccc(N([C@H](C)C(=O)NCCOc2ccccc2)S(C)(=O)=O)cc1. The van der Waals surface area contributed by atoms with Crippen molar-refractivity contribution in [2.24, 2.45) is 0 Å². The summed E-state index contributed by atoms with van der Waals surface area (Å²) in [5, 5.41) is 2.71. The van der Waals surface area contributed by atoms with Crippen LogP contribution in [0, 0.1) is 0 Å². The van der Waals surface area contributed by atoms with Gasteiger partial charge in [0.15, 0.2) is 0 Å². The molecule has 28 heavy (non-hydrogen) atoms. The van der Waals surface area contributed by atoms with Crippen molar-refractivity contribution in [3.05, 3.63) is 54.6 Å². The number of sulfonamides is 1. The van der Waals surface area contributed by atoms with E-state index >= 15 is 0 Å². The fourth-order valence-electron chi connectivity index (χ4n) is 2.67. The van der Waals surface area contributed by atoms with Crippen LogP contribution in [0.3, 0.4) is 0 Å². The molecule has 0 fully saturated rings. The fraction of sp³-hybridized carbons (Fsp3) is 0.350. The van der Waals surface area contributed by atoms with E-state index in [1.54, 1.807) is 31.2 Å². The summed E-state index contributed by atoms with van der Waals surface area (Å²) < 4.78 is 36.6. The first-order chi connectivity index (χ1) is 13.3. The molecule has 0 radical (unpaired) electrons. The second kappa shape index (κ2) is 9.98. The molecule has 152 valence electrons. The number of ether oxygens (including phenoxy) is 2. The summed E-state index contributed by atoms with van der Waals surface area (Å²) in [4.78, 5) is 12.5. The van der Waals surface area contributed by atoms with Crippen molar-refractivity contribution >= 4 is 21.6 Å². The highest BCUT2D eigenvalue weighted by molar-refractivity contribution is 7.92. The van der Waals surface area contributed by atoms with Crippen molar-refractivity contribution in [3.8, 4) is 11.5 Å². The zero-order valence-corrected chi connectivity index (χ0v) is 17.1. The predicted molar refractivity (Wildman–Crippen MR) is 109 cm³/mol. The van der Waals surface area contributed by atoms with Gasteiger partial charge in [-0.2, -0.15) is 0 Å². The number of anilines is 1. The van der Waals surface area contributed by atoms with E-state index in [9.17, 15) is 13.2 Å². The average Bonchev–Trinajstić information content (AvgIpc) is 2.66. The lowest BCUT2D eigenvalue weighted by Gasteiger charge is -2.28. The molecular formula is C20H26N2O5S. The number of amides is 1. The molecule has 0 aromatic heterocycles. The van der Waals surface area contributed by atoms with Gasteiger partial charge in [-0.15, -0.1) is 0 Å². The first-order valence-corrected chi connectivity index (χ1v) is 10.9. The second-order valence-corrected chi connectivity index (χ2v) is 7.97. The summed E-state index contributed by atoms with van der Waals surface area (Å²) in [7, 11) is -3.66. The molecule has 0 saturated carbocycles. The normalized spacial score (nSPS) is 12.1. The molecule has 1 amide bonds. The molecule has 0 bridgehead atoms. The molecule has 0 saturated heterocycles. The van der Waals surface area contributed by atoms with Crippen LogP contribution < -0.4 is 19.1 Å². The first-order valence-electron chi connectivity index (χ1n) is 9.00. The molecule has 2 aromatic carbocycles. The molecule has 0 heterocycles. The van der Waals surface area contributed by atoms with Crippen LogP contribution in [0.5, 0.6) is 11.5 Å². The predicted octanol–water partition coefficient (Wildman–Crippen LogP) is 2.44. The Kier molecular flexibility index (Phi) is 7.69. The summed E-state index contributed by atoms with van der Waals surface area (Å²) in [6.45, 7) is 4.47. The highest BCUT2D eigenvalue weighted by Gasteiger charge is 2.28. The molecule has 0 aliphatic carbocycles. The number of para-hydroxylation sites is 1. The maximum absolute atomic E-state index is 12.5. The first kappa shape index (κ1) is 21.6. The van der Waals surface area contributed by atoms with Crippen molar-refractivity contribution in [1.82, 2.24) is 5.32 Å². The largest absolute Gasteiger partial charge is 0.494 e. The van der Waals surface area contributed by atoms with Gasteiger partial charge in [0.2, 0.25) is 15.9 Å². The van der Waals surface area contributed by atoms with Crippen LogP contribution in [0.15, 0.2) is 54.6 Å². The van der Waals surface area contributed by atoms with E-state index in [0.717, 1.165) is 10.6 Å². The third-order valence-electron chi connectivity index (χ3n) is 3.90. The average molecular weight is 407 g/mol. The number of benzene rings is 2. The maximum atomic E-state index is 12.5. The minimum absolute atomic E-state index is 0.263. The lowest BCUT2D eigenvalue weighted by molar-refractivity contribution is -0.121. The zero-order valence-electron chi connectivity index (χ0n) is 16.3. The van der Waals surface area contributed by atoms with Gasteiger partial charge >= 0.3 is 0 Å². The Morgan fingerprint density at radius 3 is 2.21 bits per heavy atom. The number of nitrogens with zero attached hydrogens (tertiary/aromatic N) is 1. The fourth-order valence-corrected chi connectivity index (χ4v) is 3.85. The Morgan fingerprint density at radius 1 is 1.04 bits per heavy atom. The van der Waals surface area contributed by atoms with Crippen LogP contribution in [-0.2, 0) is 14.8 Å². The smallest absolute Gasteiger partial charge is 0.243 e. The van der Waals surface area contributed by atoms with Crippen molar-refractivity contribution in [2.75, 3.05) is 30.3 Å². The molecule has 1 atom stereocenters. The van der Waals surface area contributed by atoms with Gasteiger partial charge in [0, 0.05) is 0 Å². The van der Waals surface area contributed by atoms with Crippen molar-refractivity contribution < 1.29 is 22.7 Å². The van der Waals surface area contributed by atoms with E-state index in [2.05, 4.69) is 5.32 Å². The molecule has 0 aliphatic heterocycles. The Morgan fingerprint density at radius 2 is 1.64 bits per heavy atom. The second-order valence-electron chi connectivity index (χ2n) is 6.11. The molecule has 1 N–H and O–H groups in total. The van der Waals surface area contributed by atoms with Crippen LogP contribution >= 0.6 is 0 Å². The summed E-state index contributed by atoms with van der Waals surface area (Å²) in [5.74, 6) is 0.933. The summed E-state index contributed by atoms with van der Waals surface area (Å²) >= 11 is 0. The van der Waals surface area contributed by atoms with E-state index in [4.69, 9.17) is 9.47 Å². The molecule has 0 spiro atoms. The van der Waals surface area contributed by atoms with Crippen LogP contribution in [0.4, 0.5) is 5.69 Å². The summed E-state index contributed by atoms with van der Waals surface area (Å²) in [5.41, 5.74) is 0.397. The van der Waals surface area contributed by atoms with Crippen LogP contribution in [0.25, 0.3) is 0 Å². The molecule has 8 heteroatoms. The molecule has 7 nitrogen and oxygen atoms in total. The minimum atomic E-state index is -3.66. The van der Waals surface area contributed by atoms with Gasteiger partial charge in [-0.25, -0.2) is 8.42 Å². The van der Waals surface area contributed by atoms with Gasteiger partial charge in [0.1, 0.15) is 24.1 Å². The number of carbonyl (C=O) groups is 1. The number of rotatable bonds is 10. The van der Waals surface area contributed by atoms with Gasteiger partial charge in [0.05, 0.1) is 25.1 Å². The molecule has 2 aromatic rings. The Balaban J connectivity index is 1.99. The lowest BCUT2D eigenvalue weighted by Crippen LogP contribution is -2.48. The van der Waals surface area contributed by atoms with Crippen molar-refractivity contribution in [3.63, 3.8) is 0 Å². The van der Waals surface area contributed by atoms with Gasteiger partial charge in [-0.3, -0.25) is 9.10 Å². The standard InChI is InChI=1S/C20H26N2O5S/c1-4-26-19-12-10-17(11-13-19)22(28(3,24)25)16(2)20(23)21-14-15-27-18-8-6-5-7-9-18/h5-13,16H,4,14-15H2,1-3H3,(H,21,23)/t16-/m1/s1. The Hall–Kier alpha value is -2.74. The monoisotopic (exact) mass is 406 g/mol. The van der Waals surface area contributed by atoms with Gasteiger partial charge < -0.3 is 14.8 Å². The number of nitrogens with one attached hydrogen (secondary N) is 1. The number of carbonyl (C=O) groups excluding carboxylic acids is 1. The Bertz CT molecular complexity index is 854. The van der Waals surface area contributed by atoms with Crippen LogP contribution in [0.2, 0.25) is 0 Å². The van der Waals surface area contributed by atoms with E-state index in [1.165, 1.54) is 0 Å². The third-order valence-corrected chi connectivity index (χ3v) is 5.15. The van der Waals surface area contributed by atoms with E-state index in [-0.39, 0.29) is 13.2 Å². The third kappa shape index (κ3) is 6.16. The highest BCUT2D eigenvalue weighted by Crippen LogP contribution is 2.24. The maximum Gasteiger partial charge on any atom is 0.243 e. The van der Waals surface area contributed by atoms with Gasteiger partial charge in [-0.05, 0) is 50.2 Å². The molecule has 0 aliphatic rings. The number of hydrogen-bond acceptors (Lipinski definition) is 5. The van der Waals surface area contributed by atoms with Crippen LogP contribution in [-0.4, -0.2) is 46.4 Å². The van der Waals surface area contributed by atoms with Gasteiger partial charge in [-0.1, -0.05) is 18.2 Å². The van der Waals surface area contributed by atoms with Gasteiger partial charge in [0.25, 0.3) is 0 Å². The van der Waals surface area contributed by atoms with E-state index < -0.39 is 22.0 Å². The number of hydrogen-bond donors (Lipinski definition) is 1. The van der Waals surface area contributed by atoms with Crippen LogP contribution in [0.1, 0.15) is 13.8 Å². The van der Waals surface area contributed by atoms with Crippen molar-refractivity contribution in [2.45, 2.75) is 19.9 Å². The molecular weight excluding hydrogens is 380 g/mol. The quantitative estimate of drug-likeness (QED) is 0.613. The van der Waals surface area contributed by atoms with Crippen molar-refractivity contribution in [1.29, 1.82) is 0 Å². The lowest BCUT2D eigenvalue weighted by atomic mass is 10.2. The zero-order chi connectivity index (χ0) is 20.6. The highest BCUT2D eigenvalue weighted by atomic mass is 32.2. The minimum Gasteiger partial charge on any atom is -0.494 e. The van der Waals surface area contributed by atoms with E-state index in [0.29, 0.717) is 23.8 Å². The summed E-state index contributed by atoms with van der Waals surface area (Å²) in [6.07, 6.45) is 1.08. The molecule has 0 unspecified atom stereocenters. The molecule has 2 rings (SSSR count).